The predicted octanol–water partition coefficient (Wildman–Crippen LogP) is 1.14. The third-order valence-corrected chi connectivity index (χ3v) is 3.43. The van der Waals surface area contributed by atoms with Gasteiger partial charge in [0.25, 0.3) is 0 Å². The number of rotatable bonds is 6. The van der Waals surface area contributed by atoms with E-state index in [1.165, 1.54) is 0 Å². The number of hydrogen-bond donors (Lipinski definition) is 1. The van der Waals surface area contributed by atoms with Gasteiger partial charge in [0.15, 0.2) is 0 Å². The quantitative estimate of drug-likeness (QED) is 0.735. The molecule has 0 aliphatic rings. The third kappa shape index (κ3) is 2.92. The lowest BCUT2D eigenvalue weighted by Crippen LogP contribution is -2.24. The Morgan fingerprint density at radius 1 is 1.33 bits per heavy atom. The van der Waals surface area contributed by atoms with Crippen molar-refractivity contribution >= 4 is 5.52 Å². The van der Waals surface area contributed by atoms with Gasteiger partial charge in [0, 0.05) is 43.7 Å². The van der Waals surface area contributed by atoms with Gasteiger partial charge >= 0.3 is 0 Å². The maximum absolute atomic E-state index is 4.39. The Morgan fingerprint density at radius 2 is 2.24 bits per heavy atom. The maximum atomic E-state index is 4.39. The molecule has 0 radical (unpaired) electrons. The van der Waals surface area contributed by atoms with Crippen molar-refractivity contribution in [2.75, 3.05) is 6.54 Å². The molecule has 0 spiro atoms. The summed E-state index contributed by atoms with van der Waals surface area (Å²) >= 11 is 0. The van der Waals surface area contributed by atoms with Crippen LogP contribution in [0.2, 0.25) is 0 Å². The van der Waals surface area contributed by atoms with Crippen LogP contribution in [0, 0.1) is 0 Å². The van der Waals surface area contributed by atoms with Gasteiger partial charge in [-0.15, -0.1) is 5.10 Å². The Hall–Kier alpha value is -2.28. The Balaban J connectivity index is 1.91. The minimum atomic E-state index is 0.156. The van der Waals surface area contributed by atoms with E-state index < -0.39 is 0 Å². The summed E-state index contributed by atoms with van der Waals surface area (Å²) in [7, 11) is 1.88. The van der Waals surface area contributed by atoms with Crippen LogP contribution in [-0.4, -0.2) is 36.1 Å². The van der Waals surface area contributed by atoms with Crippen LogP contribution < -0.4 is 5.32 Å². The zero-order chi connectivity index (χ0) is 14.7. The van der Waals surface area contributed by atoms with Crippen molar-refractivity contribution in [3.05, 3.63) is 42.2 Å². The average molecular weight is 285 g/mol. The summed E-state index contributed by atoms with van der Waals surface area (Å²) in [5.41, 5.74) is 3.13. The number of aromatic nitrogens is 6. The second kappa shape index (κ2) is 6.01. The van der Waals surface area contributed by atoms with Crippen LogP contribution in [-0.2, 0) is 13.5 Å². The summed E-state index contributed by atoms with van der Waals surface area (Å²) in [4.78, 5) is 4.20. The third-order valence-electron chi connectivity index (χ3n) is 3.43. The topological polar surface area (TPSA) is 72.9 Å². The van der Waals surface area contributed by atoms with Gasteiger partial charge in [-0.3, -0.25) is 9.67 Å². The zero-order valence-corrected chi connectivity index (χ0v) is 12.3. The molecule has 3 rings (SSSR count). The van der Waals surface area contributed by atoms with Crippen molar-refractivity contribution in [1.82, 2.24) is 34.9 Å². The summed E-state index contributed by atoms with van der Waals surface area (Å²) in [5.74, 6) is 0. The van der Waals surface area contributed by atoms with E-state index in [9.17, 15) is 0 Å². The highest BCUT2D eigenvalue weighted by Crippen LogP contribution is 2.21. The number of nitrogens with zero attached hydrogens (tertiary/aromatic N) is 6. The molecular weight excluding hydrogens is 266 g/mol. The Kier molecular flexibility index (Phi) is 3.92. The zero-order valence-electron chi connectivity index (χ0n) is 12.3. The smallest absolute Gasteiger partial charge is 0.0892 e. The minimum absolute atomic E-state index is 0.156. The van der Waals surface area contributed by atoms with Gasteiger partial charge in [-0.2, -0.15) is 5.10 Å². The molecule has 0 fully saturated rings. The number of nitrogens with one attached hydrogen (secondary N) is 1. The van der Waals surface area contributed by atoms with Crippen LogP contribution in [0.3, 0.4) is 0 Å². The van der Waals surface area contributed by atoms with Gasteiger partial charge in [-0.1, -0.05) is 12.1 Å². The molecule has 1 atom stereocenters. The number of fused-ring (bicyclic) bond motifs is 1. The highest BCUT2D eigenvalue weighted by Gasteiger charge is 2.18. The molecular formula is C14H19N7. The Bertz CT molecular complexity index is 715. The molecule has 0 bridgehead atoms. The van der Waals surface area contributed by atoms with Crippen LogP contribution in [0.25, 0.3) is 5.52 Å². The summed E-state index contributed by atoms with van der Waals surface area (Å²) in [6.07, 6.45) is 11.2. The molecule has 0 saturated carbocycles. The molecule has 0 amide bonds. The molecule has 0 aromatic carbocycles. The molecule has 0 saturated heterocycles. The van der Waals surface area contributed by atoms with Gasteiger partial charge < -0.3 is 5.32 Å². The van der Waals surface area contributed by atoms with Gasteiger partial charge in [-0.25, -0.2) is 4.52 Å². The molecule has 3 heterocycles. The van der Waals surface area contributed by atoms with E-state index in [0.717, 1.165) is 36.2 Å². The van der Waals surface area contributed by atoms with E-state index in [2.05, 4.69) is 32.6 Å². The number of aryl methyl sites for hydroxylation is 1. The van der Waals surface area contributed by atoms with E-state index in [1.807, 2.05) is 36.4 Å². The van der Waals surface area contributed by atoms with E-state index in [1.54, 1.807) is 10.9 Å². The normalized spacial score (nSPS) is 12.9. The van der Waals surface area contributed by atoms with Gasteiger partial charge in [-0.05, 0) is 13.0 Å². The first-order valence-corrected chi connectivity index (χ1v) is 7.13. The van der Waals surface area contributed by atoms with Crippen molar-refractivity contribution in [3.63, 3.8) is 0 Å². The Morgan fingerprint density at radius 3 is 3.00 bits per heavy atom. The fourth-order valence-corrected chi connectivity index (χ4v) is 2.43. The van der Waals surface area contributed by atoms with Crippen molar-refractivity contribution in [2.45, 2.75) is 25.8 Å². The molecule has 21 heavy (non-hydrogen) atoms. The summed E-state index contributed by atoms with van der Waals surface area (Å²) in [5, 5.41) is 16.1. The SMILES string of the molecule is CCCNC(Cc1cn(C)nn1)c1cnn2ccncc12. The molecule has 3 aromatic rings. The second-order valence-electron chi connectivity index (χ2n) is 5.10. The minimum Gasteiger partial charge on any atom is -0.309 e. The highest BCUT2D eigenvalue weighted by molar-refractivity contribution is 5.53. The van der Waals surface area contributed by atoms with Gasteiger partial charge in [0.2, 0.25) is 0 Å². The molecule has 1 N–H and O–H groups in total. The van der Waals surface area contributed by atoms with Crippen LogP contribution in [0.15, 0.2) is 31.0 Å². The van der Waals surface area contributed by atoms with Crippen molar-refractivity contribution in [3.8, 4) is 0 Å². The van der Waals surface area contributed by atoms with E-state index in [4.69, 9.17) is 0 Å². The molecule has 110 valence electrons. The van der Waals surface area contributed by atoms with E-state index in [-0.39, 0.29) is 6.04 Å². The van der Waals surface area contributed by atoms with Crippen molar-refractivity contribution < 1.29 is 0 Å². The number of hydrogen-bond acceptors (Lipinski definition) is 5. The Labute approximate surface area is 123 Å². The van der Waals surface area contributed by atoms with Crippen LogP contribution in [0.1, 0.15) is 30.6 Å². The van der Waals surface area contributed by atoms with E-state index in [0.29, 0.717) is 0 Å². The average Bonchev–Trinajstić information content (AvgIpc) is 3.09. The maximum Gasteiger partial charge on any atom is 0.0892 e. The van der Waals surface area contributed by atoms with Crippen LogP contribution in [0.4, 0.5) is 0 Å². The van der Waals surface area contributed by atoms with E-state index >= 15 is 0 Å². The second-order valence-corrected chi connectivity index (χ2v) is 5.10. The standard InChI is InChI=1S/C14H19N7/c1-3-4-16-13(7-11-10-20(2)19-18-11)12-8-17-21-6-5-15-9-14(12)21/h5-6,8-10,13,16H,3-4,7H2,1-2H3. The van der Waals surface area contributed by atoms with Crippen LogP contribution >= 0.6 is 0 Å². The summed E-state index contributed by atoms with van der Waals surface area (Å²) in [6, 6.07) is 0.156. The molecule has 7 nitrogen and oxygen atoms in total. The largest absolute Gasteiger partial charge is 0.309 e. The monoisotopic (exact) mass is 285 g/mol. The van der Waals surface area contributed by atoms with Gasteiger partial charge in [0.05, 0.1) is 23.6 Å². The molecule has 3 aromatic heterocycles. The fraction of sp³-hybridized carbons (Fsp3) is 0.429. The molecule has 0 aliphatic carbocycles. The van der Waals surface area contributed by atoms with Crippen molar-refractivity contribution in [1.29, 1.82) is 0 Å². The molecule has 0 aliphatic heterocycles. The molecule has 7 heteroatoms. The molecule has 1 unspecified atom stereocenters. The fourth-order valence-electron chi connectivity index (χ4n) is 2.43. The first-order chi connectivity index (χ1) is 10.3. The first kappa shape index (κ1) is 13.7. The predicted molar refractivity (Wildman–Crippen MR) is 78.7 cm³/mol. The van der Waals surface area contributed by atoms with Crippen LogP contribution in [0.5, 0.6) is 0 Å². The summed E-state index contributed by atoms with van der Waals surface area (Å²) in [6.45, 7) is 3.10. The van der Waals surface area contributed by atoms with Crippen molar-refractivity contribution in [2.24, 2.45) is 7.05 Å². The lowest BCUT2D eigenvalue weighted by Gasteiger charge is -2.16. The first-order valence-electron chi connectivity index (χ1n) is 7.13. The highest BCUT2D eigenvalue weighted by atomic mass is 15.4. The van der Waals surface area contributed by atoms with Gasteiger partial charge in [0.1, 0.15) is 0 Å². The lowest BCUT2D eigenvalue weighted by molar-refractivity contribution is 0.526. The summed E-state index contributed by atoms with van der Waals surface area (Å²) < 4.78 is 3.57. The lowest BCUT2D eigenvalue weighted by atomic mass is 10.0.